The lowest BCUT2D eigenvalue weighted by Crippen LogP contribution is -2.45. The number of benzene rings is 2. The normalized spacial score (nSPS) is 18.8. The number of hydrogen-bond donors (Lipinski definition) is 1. The number of anilines is 1. The quantitative estimate of drug-likeness (QED) is 0.633. The van der Waals surface area contributed by atoms with E-state index in [2.05, 4.69) is 10.2 Å². The van der Waals surface area contributed by atoms with Gasteiger partial charge >= 0.3 is 0 Å². The number of carbonyl (C=O) groups is 1. The zero-order chi connectivity index (χ0) is 22.2. The van der Waals surface area contributed by atoms with Gasteiger partial charge in [0.15, 0.2) is 0 Å². The van der Waals surface area contributed by atoms with E-state index >= 15 is 0 Å². The molecule has 2 fully saturated rings. The van der Waals surface area contributed by atoms with Crippen molar-refractivity contribution in [3.05, 3.63) is 59.9 Å². The molecule has 0 saturated carbocycles. The number of halogens is 1. The van der Waals surface area contributed by atoms with Gasteiger partial charge in [0.1, 0.15) is 11.6 Å². The van der Waals surface area contributed by atoms with Gasteiger partial charge in [-0.2, -0.15) is 0 Å². The first kappa shape index (κ1) is 22.7. The molecule has 2 aliphatic rings. The highest BCUT2D eigenvalue weighted by molar-refractivity contribution is 5.99. The van der Waals surface area contributed by atoms with Crippen molar-refractivity contribution in [3.8, 4) is 5.75 Å². The SMILES string of the molecule is O=C(Nc1ccc(OCCCN2CCOCC2)cc1)C1(c2ccccc2F)CCOCC1. The Morgan fingerprint density at radius 3 is 2.41 bits per heavy atom. The predicted molar refractivity (Wildman–Crippen MR) is 121 cm³/mol. The van der Waals surface area contributed by atoms with E-state index < -0.39 is 5.41 Å². The van der Waals surface area contributed by atoms with Gasteiger partial charge in [-0.1, -0.05) is 18.2 Å². The minimum Gasteiger partial charge on any atom is -0.494 e. The highest BCUT2D eigenvalue weighted by Crippen LogP contribution is 2.37. The zero-order valence-corrected chi connectivity index (χ0v) is 18.4. The molecule has 2 saturated heterocycles. The van der Waals surface area contributed by atoms with E-state index in [4.69, 9.17) is 14.2 Å². The van der Waals surface area contributed by atoms with Crippen LogP contribution in [0.4, 0.5) is 10.1 Å². The number of hydrogen-bond acceptors (Lipinski definition) is 5. The average Bonchev–Trinajstić information content (AvgIpc) is 2.84. The van der Waals surface area contributed by atoms with Crippen LogP contribution in [0.25, 0.3) is 0 Å². The smallest absolute Gasteiger partial charge is 0.235 e. The Morgan fingerprint density at radius 1 is 1.00 bits per heavy atom. The molecule has 1 N–H and O–H groups in total. The van der Waals surface area contributed by atoms with Crippen LogP contribution in [0.2, 0.25) is 0 Å². The molecule has 1 amide bonds. The molecule has 0 aliphatic carbocycles. The summed E-state index contributed by atoms with van der Waals surface area (Å²) in [5.74, 6) is 0.204. The molecule has 172 valence electrons. The molecule has 32 heavy (non-hydrogen) atoms. The Labute approximate surface area is 188 Å². The van der Waals surface area contributed by atoms with E-state index in [0.29, 0.717) is 43.9 Å². The van der Waals surface area contributed by atoms with Gasteiger partial charge in [-0.05, 0) is 49.6 Å². The highest BCUT2D eigenvalue weighted by atomic mass is 19.1. The van der Waals surface area contributed by atoms with Crippen LogP contribution in [0.1, 0.15) is 24.8 Å². The minimum atomic E-state index is -0.932. The van der Waals surface area contributed by atoms with Crippen LogP contribution in [0, 0.1) is 5.82 Å². The Hall–Kier alpha value is -2.48. The summed E-state index contributed by atoms with van der Waals surface area (Å²) >= 11 is 0. The van der Waals surface area contributed by atoms with Crippen LogP contribution in [0.5, 0.6) is 5.75 Å². The third-order valence-corrected chi connectivity index (χ3v) is 6.27. The second-order valence-electron chi connectivity index (χ2n) is 8.31. The molecule has 0 atom stereocenters. The average molecular weight is 443 g/mol. The topological polar surface area (TPSA) is 60.0 Å². The van der Waals surface area contributed by atoms with E-state index in [9.17, 15) is 9.18 Å². The summed E-state index contributed by atoms with van der Waals surface area (Å²) in [5, 5.41) is 2.98. The maximum absolute atomic E-state index is 14.6. The van der Waals surface area contributed by atoms with Crippen LogP contribution in [-0.2, 0) is 19.7 Å². The van der Waals surface area contributed by atoms with Gasteiger partial charge in [0.2, 0.25) is 5.91 Å². The second kappa shape index (κ2) is 10.9. The number of nitrogens with one attached hydrogen (secondary N) is 1. The van der Waals surface area contributed by atoms with E-state index in [-0.39, 0.29) is 11.7 Å². The van der Waals surface area contributed by atoms with Crippen molar-refractivity contribution in [2.45, 2.75) is 24.7 Å². The van der Waals surface area contributed by atoms with Crippen molar-refractivity contribution >= 4 is 11.6 Å². The Balaban J connectivity index is 1.33. The van der Waals surface area contributed by atoms with Crippen molar-refractivity contribution in [1.82, 2.24) is 4.90 Å². The fraction of sp³-hybridized carbons (Fsp3) is 0.480. The standard InChI is InChI=1S/C25H31FN2O4/c26-23-5-2-1-4-22(23)25(10-16-30-17-11-25)24(29)27-20-6-8-21(9-7-20)32-15-3-12-28-13-18-31-19-14-28/h1-2,4-9H,3,10-19H2,(H,27,29). The van der Waals surface area contributed by atoms with Gasteiger partial charge in [-0.3, -0.25) is 9.69 Å². The molecule has 2 heterocycles. The Bertz CT molecular complexity index is 878. The molecule has 7 heteroatoms. The fourth-order valence-electron chi connectivity index (χ4n) is 4.38. The lowest BCUT2D eigenvalue weighted by atomic mass is 9.73. The van der Waals surface area contributed by atoms with Gasteiger partial charge in [0.05, 0.1) is 25.2 Å². The largest absolute Gasteiger partial charge is 0.494 e. The molecule has 4 rings (SSSR count). The number of ether oxygens (including phenoxy) is 3. The van der Waals surface area contributed by atoms with Gasteiger partial charge in [0, 0.05) is 44.1 Å². The second-order valence-corrected chi connectivity index (χ2v) is 8.31. The summed E-state index contributed by atoms with van der Waals surface area (Å²) in [6.45, 7) is 6.07. The molecule has 0 radical (unpaired) electrons. The number of amides is 1. The van der Waals surface area contributed by atoms with Crippen LogP contribution in [0.15, 0.2) is 48.5 Å². The number of nitrogens with zero attached hydrogens (tertiary/aromatic N) is 1. The molecule has 0 aromatic heterocycles. The molecule has 2 aromatic carbocycles. The van der Waals surface area contributed by atoms with Crippen LogP contribution in [0.3, 0.4) is 0 Å². The summed E-state index contributed by atoms with van der Waals surface area (Å²) in [6.07, 6.45) is 1.85. The summed E-state index contributed by atoms with van der Waals surface area (Å²) < 4.78 is 31.3. The van der Waals surface area contributed by atoms with Gasteiger partial charge in [-0.25, -0.2) is 4.39 Å². The molecule has 0 unspecified atom stereocenters. The monoisotopic (exact) mass is 442 g/mol. The molecular formula is C25H31FN2O4. The Morgan fingerprint density at radius 2 is 1.69 bits per heavy atom. The van der Waals surface area contributed by atoms with Crippen molar-refractivity contribution in [2.75, 3.05) is 58.0 Å². The Kier molecular flexibility index (Phi) is 7.73. The van der Waals surface area contributed by atoms with Crippen LogP contribution < -0.4 is 10.1 Å². The lowest BCUT2D eigenvalue weighted by molar-refractivity contribution is -0.125. The summed E-state index contributed by atoms with van der Waals surface area (Å²) in [5.41, 5.74) is 0.164. The first-order chi connectivity index (χ1) is 15.7. The van der Waals surface area contributed by atoms with Crippen molar-refractivity contribution in [3.63, 3.8) is 0 Å². The maximum atomic E-state index is 14.6. The van der Waals surface area contributed by atoms with E-state index in [1.165, 1.54) is 6.07 Å². The first-order valence-electron chi connectivity index (χ1n) is 11.3. The first-order valence-corrected chi connectivity index (χ1v) is 11.3. The highest BCUT2D eigenvalue weighted by Gasteiger charge is 2.43. The number of rotatable bonds is 8. The van der Waals surface area contributed by atoms with Crippen molar-refractivity contribution < 1.29 is 23.4 Å². The fourth-order valence-corrected chi connectivity index (χ4v) is 4.38. The predicted octanol–water partition coefficient (Wildman–Crippen LogP) is 3.61. The van der Waals surface area contributed by atoms with Crippen LogP contribution >= 0.6 is 0 Å². The minimum absolute atomic E-state index is 0.204. The van der Waals surface area contributed by atoms with Crippen molar-refractivity contribution in [1.29, 1.82) is 0 Å². The van der Waals surface area contributed by atoms with Gasteiger partial charge in [0.25, 0.3) is 0 Å². The van der Waals surface area contributed by atoms with Gasteiger partial charge in [-0.15, -0.1) is 0 Å². The maximum Gasteiger partial charge on any atom is 0.235 e. The number of carbonyl (C=O) groups excluding carboxylic acids is 1. The molecule has 2 aromatic rings. The van der Waals surface area contributed by atoms with Crippen molar-refractivity contribution in [2.24, 2.45) is 0 Å². The summed E-state index contributed by atoms with van der Waals surface area (Å²) in [7, 11) is 0. The third kappa shape index (κ3) is 5.46. The molecule has 0 spiro atoms. The molecular weight excluding hydrogens is 411 g/mol. The van der Waals surface area contributed by atoms with E-state index in [1.807, 2.05) is 24.3 Å². The van der Waals surface area contributed by atoms with Gasteiger partial charge < -0.3 is 19.5 Å². The summed E-state index contributed by atoms with van der Waals surface area (Å²) in [4.78, 5) is 15.7. The third-order valence-electron chi connectivity index (χ3n) is 6.27. The van der Waals surface area contributed by atoms with E-state index in [1.54, 1.807) is 18.2 Å². The molecule has 2 aliphatic heterocycles. The summed E-state index contributed by atoms with van der Waals surface area (Å²) in [6, 6.07) is 13.9. The zero-order valence-electron chi connectivity index (χ0n) is 18.4. The lowest BCUT2D eigenvalue weighted by Gasteiger charge is -2.36. The van der Waals surface area contributed by atoms with Crippen LogP contribution in [-0.4, -0.2) is 63.5 Å². The number of morpholine rings is 1. The molecule has 0 bridgehead atoms. The molecule has 6 nitrogen and oxygen atoms in total. The van der Waals surface area contributed by atoms with E-state index in [0.717, 1.165) is 45.0 Å².